The number of carbonyl (C=O) groups is 2. The highest BCUT2D eigenvalue weighted by atomic mass is 79.9. The summed E-state index contributed by atoms with van der Waals surface area (Å²) in [7, 11) is 1.28. The summed E-state index contributed by atoms with van der Waals surface area (Å²) in [4.78, 5) is 27.2. The number of ether oxygens (including phenoxy) is 1. The van der Waals surface area contributed by atoms with Gasteiger partial charge in [0.25, 0.3) is 5.91 Å². The molecule has 0 aliphatic heterocycles. The summed E-state index contributed by atoms with van der Waals surface area (Å²) in [6, 6.07) is 11.0. The molecular weight excluding hydrogens is 623 g/mol. The van der Waals surface area contributed by atoms with Crippen molar-refractivity contribution in [3.05, 3.63) is 76.3 Å². The molecule has 2 amide bonds. The summed E-state index contributed by atoms with van der Waals surface area (Å²) in [6.45, 7) is 1.13. The lowest BCUT2D eigenvalue weighted by Gasteiger charge is -2.31. The van der Waals surface area contributed by atoms with Crippen LogP contribution in [0.4, 0.5) is 33.5 Å². The second-order valence-electron chi connectivity index (χ2n) is 8.58. The number of H-pyrrole nitrogens is 1. The number of fused-ring (bicyclic) bond motifs is 1. The van der Waals surface area contributed by atoms with E-state index in [1.807, 2.05) is 0 Å². The molecule has 0 aliphatic carbocycles. The standard InChI is InChI=1S/C26H20BrF5N4O3S/c1-13(12-39-2)36(25(38)26(30,31)32)22-7-14(27)3-5-19(22)24(37)33-23-20-11-17(4-6-21(20)34-35-23)40-18-9-15(28)8-16(29)10-18/h3-11,13H,12H2,1-2H3,(H2,33,34,35,37). The van der Waals surface area contributed by atoms with Crippen molar-refractivity contribution in [3.8, 4) is 0 Å². The van der Waals surface area contributed by atoms with Crippen molar-refractivity contribution in [3.63, 3.8) is 0 Å². The number of alkyl halides is 3. The fourth-order valence-corrected chi connectivity index (χ4v) is 5.22. The highest BCUT2D eigenvalue weighted by Gasteiger charge is 2.45. The second-order valence-corrected chi connectivity index (χ2v) is 10.6. The number of anilines is 2. The van der Waals surface area contributed by atoms with Crippen molar-refractivity contribution in [1.82, 2.24) is 10.2 Å². The summed E-state index contributed by atoms with van der Waals surface area (Å²) in [5, 5.41) is 9.85. The van der Waals surface area contributed by atoms with Gasteiger partial charge in [-0.2, -0.15) is 18.3 Å². The molecule has 0 spiro atoms. The molecule has 0 bridgehead atoms. The number of benzene rings is 3. The molecule has 0 fully saturated rings. The second kappa shape index (κ2) is 11.9. The molecule has 4 rings (SSSR count). The smallest absolute Gasteiger partial charge is 0.383 e. The van der Waals surface area contributed by atoms with E-state index in [-0.39, 0.29) is 23.7 Å². The third-order valence-electron chi connectivity index (χ3n) is 5.61. The minimum Gasteiger partial charge on any atom is -0.383 e. The number of amides is 2. The maximum absolute atomic E-state index is 13.6. The predicted molar refractivity (Wildman–Crippen MR) is 144 cm³/mol. The van der Waals surface area contributed by atoms with Crippen molar-refractivity contribution >= 4 is 61.9 Å². The summed E-state index contributed by atoms with van der Waals surface area (Å²) < 4.78 is 73.1. The van der Waals surface area contributed by atoms with Crippen LogP contribution in [0, 0.1) is 11.6 Å². The summed E-state index contributed by atoms with van der Waals surface area (Å²) in [5.74, 6) is -4.40. The van der Waals surface area contributed by atoms with E-state index in [0.29, 0.717) is 30.1 Å². The van der Waals surface area contributed by atoms with Crippen LogP contribution in [0.5, 0.6) is 0 Å². The van der Waals surface area contributed by atoms with E-state index in [9.17, 15) is 31.5 Å². The number of hydrogen-bond acceptors (Lipinski definition) is 5. The van der Waals surface area contributed by atoms with E-state index >= 15 is 0 Å². The molecule has 1 aromatic heterocycles. The first-order valence-corrected chi connectivity index (χ1v) is 13.1. The predicted octanol–water partition coefficient (Wildman–Crippen LogP) is 6.94. The van der Waals surface area contributed by atoms with Crippen LogP contribution in [0.1, 0.15) is 17.3 Å². The Labute approximate surface area is 237 Å². The molecule has 0 saturated heterocycles. The van der Waals surface area contributed by atoms with E-state index in [1.54, 1.807) is 18.2 Å². The Bertz CT molecular complexity index is 1560. The molecule has 40 heavy (non-hydrogen) atoms. The lowest BCUT2D eigenvalue weighted by atomic mass is 10.1. The van der Waals surface area contributed by atoms with E-state index in [1.165, 1.54) is 44.4 Å². The largest absolute Gasteiger partial charge is 0.471 e. The maximum atomic E-state index is 13.6. The Balaban J connectivity index is 1.69. The Morgan fingerprint density at radius 2 is 1.77 bits per heavy atom. The molecule has 1 heterocycles. The number of aromatic nitrogens is 2. The van der Waals surface area contributed by atoms with Gasteiger partial charge in [-0.05, 0) is 55.5 Å². The van der Waals surface area contributed by atoms with Gasteiger partial charge < -0.3 is 10.1 Å². The molecule has 210 valence electrons. The van der Waals surface area contributed by atoms with Crippen LogP contribution in [0.15, 0.2) is 68.9 Å². The average molecular weight is 643 g/mol. The number of rotatable bonds is 8. The van der Waals surface area contributed by atoms with E-state index < -0.39 is 35.7 Å². The summed E-state index contributed by atoms with van der Waals surface area (Å²) in [6.07, 6.45) is -5.21. The van der Waals surface area contributed by atoms with Crippen molar-refractivity contribution in [2.75, 3.05) is 23.9 Å². The van der Waals surface area contributed by atoms with Gasteiger partial charge in [0.2, 0.25) is 0 Å². The monoisotopic (exact) mass is 642 g/mol. The number of carbonyl (C=O) groups excluding carboxylic acids is 2. The topological polar surface area (TPSA) is 87.3 Å². The van der Waals surface area contributed by atoms with E-state index in [2.05, 4.69) is 31.4 Å². The quantitative estimate of drug-likeness (QED) is 0.203. The van der Waals surface area contributed by atoms with Gasteiger partial charge in [0.1, 0.15) is 11.6 Å². The molecule has 2 N–H and O–H groups in total. The zero-order chi connectivity index (χ0) is 29.2. The molecule has 4 aromatic rings. The number of aromatic amines is 1. The third-order valence-corrected chi connectivity index (χ3v) is 7.07. The Morgan fingerprint density at radius 1 is 1.07 bits per heavy atom. The van der Waals surface area contributed by atoms with Crippen LogP contribution >= 0.6 is 27.7 Å². The number of hydrogen-bond donors (Lipinski definition) is 2. The molecule has 7 nitrogen and oxygen atoms in total. The molecule has 0 saturated carbocycles. The van der Waals surface area contributed by atoms with Crippen LogP contribution in [-0.2, 0) is 9.53 Å². The Kier molecular flexibility index (Phi) is 8.80. The normalized spacial score (nSPS) is 12.4. The lowest BCUT2D eigenvalue weighted by Crippen LogP contribution is -2.48. The van der Waals surface area contributed by atoms with Gasteiger partial charge >= 0.3 is 12.1 Å². The van der Waals surface area contributed by atoms with Gasteiger partial charge in [0, 0.05) is 32.8 Å². The van der Waals surface area contributed by atoms with Crippen LogP contribution < -0.4 is 10.2 Å². The molecule has 1 atom stereocenters. The number of methoxy groups -OCH3 is 1. The molecule has 14 heteroatoms. The first-order valence-electron chi connectivity index (χ1n) is 11.5. The Hall–Kier alpha value is -3.49. The lowest BCUT2D eigenvalue weighted by molar-refractivity contribution is -0.171. The van der Waals surface area contributed by atoms with E-state index in [4.69, 9.17) is 4.74 Å². The van der Waals surface area contributed by atoms with Crippen LogP contribution in [0.3, 0.4) is 0 Å². The van der Waals surface area contributed by atoms with Crippen molar-refractivity contribution in [2.24, 2.45) is 0 Å². The van der Waals surface area contributed by atoms with Gasteiger partial charge in [0.05, 0.1) is 29.4 Å². The maximum Gasteiger partial charge on any atom is 0.471 e. The van der Waals surface area contributed by atoms with Crippen molar-refractivity contribution in [1.29, 1.82) is 0 Å². The van der Waals surface area contributed by atoms with Gasteiger partial charge in [-0.25, -0.2) is 8.78 Å². The highest BCUT2D eigenvalue weighted by Crippen LogP contribution is 2.34. The molecular formula is C26H20BrF5N4O3S. The highest BCUT2D eigenvalue weighted by molar-refractivity contribution is 9.10. The van der Waals surface area contributed by atoms with Gasteiger partial charge in [-0.3, -0.25) is 19.6 Å². The first kappa shape index (κ1) is 29.5. The fourth-order valence-electron chi connectivity index (χ4n) is 3.95. The first-order chi connectivity index (χ1) is 18.9. The van der Waals surface area contributed by atoms with Crippen LogP contribution in [0.25, 0.3) is 10.9 Å². The Morgan fingerprint density at radius 3 is 2.42 bits per heavy atom. The average Bonchev–Trinajstić information content (AvgIpc) is 3.25. The van der Waals surface area contributed by atoms with Crippen molar-refractivity contribution < 1.29 is 36.3 Å². The number of nitrogens with zero attached hydrogens (tertiary/aromatic N) is 2. The molecule has 1 unspecified atom stereocenters. The number of nitrogens with one attached hydrogen (secondary N) is 2. The van der Waals surface area contributed by atoms with Gasteiger partial charge in [-0.15, -0.1) is 0 Å². The molecule has 3 aromatic carbocycles. The minimum absolute atomic E-state index is 0.0559. The van der Waals surface area contributed by atoms with E-state index in [0.717, 1.165) is 17.8 Å². The fraction of sp³-hybridized carbons (Fsp3) is 0.192. The SMILES string of the molecule is COCC(C)N(C(=O)C(F)(F)F)c1cc(Br)ccc1C(=O)Nc1n[nH]c2ccc(Sc3cc(F)cc(F)c3)cc12. The third kappa shape index (κ3) is 6.62. The summed E-state index contributed by atoms with van der Waals surface area (Å²) in [5.41, 5.74) is 0.00679. The van der Waals surface area contributed by atoms with Crippen molar-refractivity contribution in [2.45, 2.75) is 28.9 Å². The van der Waals surface area contributed by atoms with Gasteiger partial charge in [0.15, 0.2) is 5.82 Å². The van der Waals surface area contributed by atoms with Crippen LogP contribution in [-0.4, -0.2) is 47.9 Å². The van der Waals surface area contributed by atoms with Crippen LogP contribution in [0.2, 0.25) is 0 Å². The molecule has 0 aliphatic rings. The zero-order valence-corrected chi connectivity index (χ0v) is 23.2. The van der Waals surface area contributed by atoms with Gasteiger partial charge in [-0.1, -0.05) is 27.7 Å². The number of halogens is 6. The zero-order valence-electron chi connectivity index (χ0n) is 20.8. The molecule has 0 radical (unpaired) electrons. The summed E-state index contributed by atoms with van der Waals surface area (Å²) >= 11 is 4.27. The minimum atomic E-state index is -5.21.